The van der Waals surface area contributed by atoms with Crippen LogP contribution in [0.25, 0.3) is 0 Å². The minimum Gasteiger partial charge on any atom is -0.381 e. The molecule has 70 valence electrons. The van der Waals surface area contributed by atoms with Crippen LogP contribution in [0.2, 0.25) is 0 Å². The van der Waals surface area contributed by atoms with Crippen LogP contribution in [0.4, 0.5) is 0 Å². The third-order valence-electron chi connectivity index (χ3n) is 1.78. The average molecular weight is 198 g/mol. The second-order valence-corrected chi connectivity index (χ2v) is 3.03. The van der Waals surface area contributed by atoms with Crippen LogP contribution >= 0.6 is 0 Å². The van der Waals surface area contributed by atoms with Crippen LogP contribution in [0.5, 0.6) is 0 Å². The maximum Gasteiger partial charge on any atom is 0.0466 e. The Hall–Kier alpha value is 1.22. The summed E-state index contributed by atoms with van der Waals surface area (Å²) >= 11 is 0. The Morgan fingerprint density at radius 3 is 1.50 bits per heavy atom. The maximum atomic E-state index is 5.44. The van der Waals surface area contributed by atoms with Gasteiger partial charge in [0.05, 0.1) is 0 Å². The van der Waals surface area contributed by atoms with Gasteiger partial charge in [0, 0.05) is 51.0 Å². The van der Waals surface area contributed by atoms with Crippen molar-refractivity contribution in [3.63, 3.8) is 0 Å². The van der Waals surface area contributed by atoms with E-state index in [0.717, 1.165) is 13.2 Å². The van der Waals surface area contributed by atoms with Crippen molar-refractivity contribution in [3.8, 4) is 0 Å². The first-order valence-corrected chi connectivity index (χ1v) is 4.99. The van der Waals surface area contributed by atoms with Crippen molar-refractivity contribution in [2.24, 2.45) is 0 Å². The van der Waals surface area contributed by atoms with E-state index in [4.69, 9.17) is 4.74 Å². The molecule has 0 amide bonds. The standard InChI is InChI=1S/C10H22O.Ca/c1-3-5-7-9-11-10-8-6-4-2;/h3-10H2,1-2H3;. The van der Waals surface area contributed by atoms with Crippen LogP contribution in [0, 0.1) is 0 Å². The number of unbranched alkanes of at least 4 members (excludes halogenated alkanes) is 4. The fourth-order valence-corrected chi connectivity index (χ4v) is 1.01. The summed E-state index contributed by atoms with van der Waals surface area (Å²) in [7, 11) is 0. The summed E-state index contributed by atoms with van der Waals surface area (Å²) in [6, 6.07) is 0. The molecule has 2 heteroatoms. The van der Waals surface area contributed by atoms with Crippen molar-refractivity contribution in [3.05, 3.63) is 0 Å². The van der Waals surface area contributed by atoms with Crippen molar-refractivity contribution < 1.29 is 4.74 Å². The van der Waals surface area contributed by atoms with E-state index in [0.29, 0.717) is 0 Å². The van der Waals surface area contributed by atoms with Crippen molar-refractivity contribution in [2.45, 2.75) is 52.4 Å². The molecule has 2 radical (unpaired) electrons. The average Bonchev–Trinajstić information content (AvgIpc) is 2.03. The van der Waals surface area contributed by atoms with Gasteiger partial charge in [-0.1, -0.05) is 39.5 Å². The monoisotopic (exact) mass is 198 g/mol. The third kappa shape index (κ3) is 13.8. The molecule has 0 rings (SSSR count). The molecule has 0 N–H and O–H groups in total. The quantitative estimate of drug-likeness (QED) is 0.430. The zero-order valence-corrected chi connectivity index (χ0v) is 11.0. The topological polar surface area (TPSA) is 9.23 Å². The Labute approximate surface area is 107 Å². The largest absolute Gasteiger partial charge is 0.381 e. The van der Waals surface area contributed by atoms with Gasteiger partial charge in [-0.05, 0) is 12.8 Å². The first kappa shape index (κ1) is 15.7. The molecule has 0 aliphatic carbocycles. The summed E-state index contributed by atoms with van der Waals surface area (Å²) < 4.78 is 5.44. The number of hydrogen-bond acceptors (Lipinski definition) is 1. The van der Waals surface area contributed by atoms with Crippen molar-refractivity contribution in [1.82, 2.24) is 0 Å². The molecule has 0 aromatic carbocycles. The van der Waals surface area contributed by atoms with Crippen molar-refractivity contribution >= 4 is 37.7 Å². The SMILES string of the molecule is CCCCCOCCCCC.[Ca]. The van der Waals surface area contributed by atoms with Gasteiger partial charge in [-0.2, -0.15) is 0 Å². The van der Waals surface area contributed by atoms with Crippen LogP contribution in [0.3, 0.4) is 0 Å². The molecule has 1 nitrogen and oxygen atoms in total. The molecule has 0 fully saturated rings. The molecule has 0 aliphatic rings. The Morgan fingerprint density at radius 2 is 1.17 bits per heavy atom. The molecule has 0 unspecified atom stereocenters. The molecule has 0 saturated carbocycles. The second kappa shape index (κ2) is 14.7. The Kier molecular flexibility index (Phi) is 19.2. The molecular formula is C10H22CaO. The molecule has 0 saturated heterocycles. The molecule has 0 spiro atoms. The smallest absolute Gasteiger partial charge is 0.0466 e. The van der Waals surface area contributed by atoms with Crippen LogP contribution in [0.1, 0.15) is 52.4 Å². The van der Waals surface area contributed by atoms with Gasteiger partial charge in [0.2, 0.25) is 0 Å². The van der Waals surface area contributed by atoms with E-state index in [1.54, 1.807) is 0 Å². The Balaban J connectivity index is 0. The Bertz CT molecular complexity index is 58.9. The van der Waals surface area contributed by atoms with E-state index in [2.05, 4.69) is 13.8 Å². The molecule has 0 atom stereocenters. The number of ether oxygens (including phenoxy) is 1. The predicted octanol–water partition coefficient (Wildman–Crippen LogP) is 3.00. The first-order valence-electron chi connectivity index (χ1n) is 4.99. The maximum absolute atomic E-state index is 5.44. The number of rotatable bonds is 8. The van der Waals surface area contributed by atoms with Crippen molar-refractivity contribution in [1.29, 1.82) is 0 Å². The molecule has 0 bridgehead atoms. The molecule has 0 aromatic rings. The second-order valence-electron chi connectivity index (χ2n) is 3.03. The minimum atomic E-state index is 0. The summed E-state index contributed by atoms with van der Waals surface area (Å²) in [5.74, 6) is 0. The van der Waals surface area contributed by atoms with Crippen LogP contribution < -0.4 is 0 Å². The summed E-state index contributed by atoms with van der Waals surface area (Å²) in [6.45, 7) is 6.38. The van der Waals surface area contributed by atoms with E-state index in [1.165, 1.54) is 38.5 Å². The molecular weight excluding hydrogens is 176 g/mol. The van der Waals surface area contributed by atoms with E-state index < -0.39 is 0 Å². The van der Waals surface area contributed by atoms with Gasteiger partial charge in [-0.25, -0.2) is 0 Å². The van der Waals surface area contributed by atoms with Gasteiger partial charge in [0.1, 0.15) is 0 Å². The van der Waals surface area contributed by atoms with E-state index in [1.807, 2.05) is 0 Å². The normalized spacial score (nSPS) is 9.50. The fourth-order valence-electron chi connectivity index (χ4n) is 1.01. The van der Waals surface area contributed by atoms with Gasteiger partial charge in [0.15, 0.2) is 0 Å². The van der Waals surface area contributed by atoms with Gasteiger partial charge in [-0.3, -0.25) is 0 Å². The van der Waals surface area contributed by atoms with Gasteiger partial charge >= 0.3 is 0 Å². The van der Waals surface area contributed by atoms with E-state index >= 15 is 0 Å². The summed E-state index contributed by atoms with van der Waals surface area (Å²) in [6.07, 6.45) is 7.68. The molecule has 0 aromatic heterocycles. The predicted molar refractivity (Wildman–Crippen MR) is 55.6 cm³/mol. The molecule has 0 aliphatic heterocycles. The summed E-state index contributed by atoms with van der Waals surface area (Å²) in [5.41, 5.74) is 0. The summed E-state index contributed by atoms with van der Waals surface area (Å²) in [5, 5.41) is 0. The van der Waals surface area contributed by atoms with Crippen LogP contribution in [-0.4, -0.2) is 51.0 Å². The van der Waals surface area contributed by atoms with Gasteiger partial charge < -0.3 is 4.74 Å². The first-order chi connectivity index (χ1) is 5.41. The fraction of sp³-hybridized carbons (Fsp3) is 1.00. The van der Waals surface area contributed by atoms with Crippen LogP contribution in [0.15, 0.2) is 0 Å². The summed E-state index contributed by atoms with van der Waals surface area (Å²) in [4.78, 5) is 0. The third-order valence-corrected chi connectivity index (χ3v) is 1.78. The van der Waals surface area contributed by atoms with Crippen LogP contribution in [-0.2, 0) is 4.74 Å². The van der Waals surface area contributed by atoms with Crippen molar-refractivity contribution in [2.75, 3.05) is 13.2 Å². The number of hydrogen-bond donors (Lipinski definition) is 0. The molecule has 0 heterocycles. The van der Waals surface area contributed by atoms with E-state index in [-0.39, 0.29) is 37.7 Å². The van der Waals surface area contributed by atoms with Gasteiger partial charge in [-0.15, -0.1) is 0 Å². The zero-order valence-electron chi connectivity index (χ0n) is 8.77. The molecule has 12 heavy (non-hydrogen) atoms. The Morgan fingerprint density at radius 1 is 0.750 bits per heavy atom. The van der Waals surface area contributed by atoms with E-state index in [9.17, 15) is 0 Å². The minimum absolute atomic E-state index is 0. The zero-order chi connectivity index (χ0) is 8.36. The van der Waals surface area contributed by atoms with Gasteiger partial charge in [0.25, 0.3) is 0 Å².